The highest BCUT2D eigenvalue weighted by molar-refractivity contribution is 14.1. The predicted octanol–water partition coefficient (Wildman–Crippen LogP) is 3.17. The first-order valence-corrected chi connectivity index (χ1v) is 6.97. The van der Waals surface area contributed by atoms with Gasteiger partial charge in [-0.1, -0.05) is 20.8 Å². The first kappa shape index (κ1) is 14.6. The molecule has 1 aromatic rings. The van der Waals surface area contributed by atoms with Gasteiger partial charge in [0.1, 0.15) is 12.4 Å². The van der Waals surface area contributed by atoms with E-state index in [9.17, 15) is 0 Å². The van der Waals surface area contributed by atoms with Crippen LogP contribution < -0.4 is 5.32 Å². The zero-order chi connectivity index (χ0) is 12.8. The van der Waals surface area contributed by atoms with Crippen molar-refractivity contribution >= 4 is 28.4 Å². The molecule has 0 radical (unpaired) electrons. The Morgan fingerprint density at radius 1 is 1.35 bits per heavy atom. The molecule has 0 saturated heterocycles. The summed E-state index contributed by atoms with van der Waals surface area (Å²) in [5.41, 5.74) is 1.09. The zero-order valence-corrected chi connectivity index (χ0v) is 13.0. The molecule has 96 valence electrons. The molecule has 1 heterocycles. The number of nitrogens with zero attached hydrogens (tertiary/aromatic N) is 2. The van der Waals surface area contributed by atoms with Gasteiger partial charge in [-0.05, 0) is 34.9 Å². The summed E-state index contributed by atoms with van der Waals surface area (Å²) >= 11 is 2.31. The van der Waals surface area contributed by atoms with Gasteiger partial charge in [0, 0.05) is 13.7 Å². The van der Waals surface area contributed by atoms with Crippen LogP contribution in [0.1, 0.15) is 44.6 Å². The van der Waals surface area contributed by atoms with Crippen molar-refractivity contribution < 1.29 is 4.74 Å². The van der Waals surface area contributed by atoms with E-state index in [1.165, 1.54) is 0 Å². The van der Waals surface area contributed by atoms with Crippen LogP contribution in [0.2, 0.25) is 0 Å². The smallest absolute Gasteiger partial charge is 0.156 e. The molecule has 0 aliphatic heterocycles. The van der Waals surface area contributed by atoms with Crippen LogP contribution in [0.5, 0.6) is 0 Å². The van der Waals surface area contributed by atoms with E-state index in [4.69, 9.17) is 4.74 Å². The summed E-state index contributed by atoms with van der Waals surface area (Å²) in [5, 5.41) is 3.34. The van der Waals surface area contributed by atoms with Gasteiger partial charge >= 0.3 is 0 Å². The average molecular weight is 349 g/mol. The molecule has 1 aromatic heterocycles. The Bertz CT molecular complexity index is 369. The summed E-state index contributed by atoms with van der Waals surface area (Å²) in [7, 11) is 1.66. The van der Waals surface area contributed by atoms with Crippen LogP contribution in [-0.2, 0) is 11.3 Å². The first-order chi connectivity index (χ1) is 8.10. The molecule has 4 nitrogen and oxygen atoms in total. The molecular formula is C12H20IN3O. The average Bonchev–Trinajstić information content (AvgIpc) is 2.29. The van der Waals surface area contributed by atoms with Crippen molar-refractivity contribution in [1.82, 2.24) is 9.97 Å². The summed E-state index contributed by atoms with van der Waals surface area (Å²) < 4.78 is 6.22. The summed E-state index contributed by atoms with van der Waals surface area (Å²) in [6.07, 6.45) is 1.08. The highest BCUT2D eigenvalue weighted by Crippen LogP contribution is 2.25. The molecule has 0 aliphatic carbocycles. The number of nitrogens with one attached hydrogen (secondary N) is 1. The van der Waals surface area contributed by atoms with Gasteiger partial charge in [-0.15, -0.1) is 0 Å². The second kappa shape index (κ2) is 7.10. The van der Waals surface area contributed by atoms with E-state index in [0.29, 0.717) is 12.5 Å². The fourth-order valence-corrected chi connectivity index (χ4v) is 2.50. The van der Waals surface area contributed by atoms with Gasteiger partial charge in [0.25, 0.3) is 0 Å². The second-order valence-electron chi connectivity index (χ2n) is 4.20. The predicted molar refractivity (Wildman–Crippen MR) is 78.3 cm³/mol. The van der Waals surface area contributed by atoms with Gasteiger partial charge in [-0.25, -0.2) is 9.97 Å². The van der Waals surface area contributed by atoms with Crippen LogP contribution in [0.3, 0.4) is 0 Å². The van der Waals surface area contributed by atoms with Crippen LogP contribution in [0.25, 0.3) is 0 Å². The lowest BCUT2D eigenvalue weighted by Gasteiger charge is -2.14. The van der Waals surface area contributed by atoms with Crippen molar-refractivity contribution in [3.63, 3.8) is 0 Å². The Kier molecular flexibility index (Phi) is 6.11. The van der Waals surface area contributed by atoms with Crippen LogP contribution in [0.15, 0.2) is 0 Å². The third-order valence-corrected chi connectivity index (χ3v) is 3.35. The van der Waals surface area contributed by atoms with Crippen molar-refractivity contribution in [1.29, 1.82) is 0 Å². The lowest BCUT2D eigenvalue weighted by molar-refractivity contribution is 0.177. The Balaban J connectivity index is 3.08. The number of hydrogen-bond donors (Lipinski definition) is 1. The van der Waals surface area contributed by atoms with E-state index >= 15 is 0 Å². The lowest BCUT2D eigenvalue weighted by atomic mass is 10.1. The molecule has 0 aromatic carbocycles. The quantitative estimate of drug-likeness (QED) is 0.802. The molecular weight excluding hydrogens is 329 g/mol. The molecule has 1 N–H and O–H groups in total. The molecule has 0 atom stereocenters. The number of ether oxygens (including phenoxy) is 1. The molecule has 1 rings (SSSR count). The highest BCUT2D eigenvalue weighted by atomic mass is 127. The van der Waals surface area contributed by atoms with E-state index in [1.807, 2.05) is 0 Å². The Morgan fingerprint density at radius 2 is 2.06 bits per heavy atom. The molecule has 17 heavy (non-hydrogen) atoms. The molecule has 0 spiro atoms. The maximum atomic E-state index is 5.11. The number of hydrogen-bond acceptors (Lipinski definition) is 4. The summed E-state index contributed by atoms with van der Waals surface area (Å²) in [5.74, 6) is 2.07. The SMILES string of the molecule is CCCNc1nc(COC)nc(C(C)C)c1I. The van der Waals surface area contributed by atoms with Crippen molar-refractivity contribution in [3.05, 3.63) is 15.1 Å². The van der Waals surface area contributed by atoms with Crippen LogP contribution in [0.4, 0.5) is 5.82 Å². The van der Waals surface area contributed by atoms with E-state index in [1.54, 1.807) is 7.11 Å². The van der Waals surface area contributed by atoms with Gasteiger partial charge in [0.2, 0.25) is 0 Å². The van der Waals surface area contributed by atoms with E-state index in [2.05, 4.69) is 58.6 Å². The number of rotatable bonds is 6. The minimum atomic E-state index is 0.391. The maximum absolute atomic E-state index is 5.11. The first-order valence-electron chi connectivity index (χ1n) is 5.89. The van der Waals surface area contributed by atoms with Crippen molar-refractivity contribution in [2.45, 2.75) is 39.7 Å². The second-order valence-corrected chi connectivity index (χ2v) is 5.28. The monoisotopic (exact) mass is 349 g/mol. The summed E-state index contributed by atoms with van der Waals surface area (Å²) in [6, 6.07) is 0. The highest BCUT2D eigenvalue weighted by Gasteiger charge is 2.14. The zero-order valence-electron chi connectivity index (χ0n) is 10.9. The third kappa shape index (κ3) is 4.06. The molecule has 0 aliphatic rings. The number of methoxy groups -OCH3 is 1. The largest absolute Gasteiger partial charge is 0.377 e. The number of anilines is 1. The normalized spacial score (nSPS) is 10.9. The van der Waals surface area contributed by atoms with Gasteiger partial charge in [-0.2, -0.15) is 0 Å². The Morgan fingerprint density at radius 3 is 2.59 bits per heavy atom. The Hall–Kier alpha value is -0.430. The van der Waals surface area contributed by atoms with Gasteiger partial charge in [-0.3, -0.25) is 0 Å². The third-order valence-electron chi connectivity index (χ3n) is 2.29. The molecule has 0 fully saturated rings. The van der Waals surface area contributed by atoms with Gasteiger partial charge in [0.05, 0.1) is 9.26 Å². The minimum absolute atomic E-state index is 0.391. The standard InChI is InChI=1S/C12H20IN3O/c1-5-6-14-12-10(13)11(8(2)3)15-9(16-12)7-17-4/h8H,5-7H2,1-4H3,(H,14,15,16). The fourth-order valence-electron chi connectivity index (χ4n) is 1.45. The Labute approximate surface area is 117 Å². The summed E-state index contributed by atoms with van der Waals surface area (Å²) in [6.45, 7) is 7.81. The number of aromatic nitrogens is 2. The van der Waals surface area contributed by atoms with Crippen molar-refractivity contribution in [2.75, 3.05) is 19.0 Å². The molecule has 0 bridgehead atoms. The van der Waals surface area contributed by atoms with E-state index in [-0.39, 0.29) is 0 Å². The molecule has 5 heteroatoms. The number of halogens is 1. The topological polar surface area (TPSA) is 47.0 Å². The summed E-state index contributed by atoms with van der Waals surface area (Å²) in [4.78, 5) is 9.03. The minimum Gasteiger partial charge on any atom is -0.377 e. The molecule has 0 unspecified atom stereocenters. The lowest BCUT2D eigenvalue weighted by Crippen LogP contribution is -2.12. The van der Waals surface area contributed by atoms with Crippen molar-refractivity contribution in [3.8, 4) is 0 Å². The van der Waals surface area contributed by atoms with Crippen LogP contribution in [-0.4, -0.2) is 23.6 Å². The van der Waals surface area contributed by atoms with Crippen molar-refractivity contribution in [2.24, 2.45) is 0 Å². The fraction of sp³-hybridized carbons (Fsp3) is 0.667. The molecule has 0 amide bonds. The van der Waals surface area contributed by atoms with Crippen LogP contribution >= 0.6 is 22.6 Å². The van der Waals surface area contributed by atoms with E-state index < -0.39 is 0 Å². The molecule has 0 saturated carbocycles. The van der Waals surface area contributed by atoms with Gasteiger partial charge < -0.3 is 10.1 Å². The van der Waals surface area contributed by atoms with E-state index in [0.717, 1.165) is 33.9 Å². The van der Waals surface area contributed by atoms with Crippen LogP contribution in [0, 0.1) is 3.57 Å². The van der Waals surface area contributed by atoms with Gasteiger partial charge in [0.15, 0.2) is 5.82 Å². The maximum Gasteiger partial charge on any atom is 0.156 e.